The second-order valence-corrected chi connectivity index (χ2v) is 6.62. The topological polar surface area (TPSA) is 55.3 Å². The number of furan rings is 1. The molecule has 112 valence electrons. The van der Waals surface area contributed by atoms with Gasteiger partial charge in [-0.05, 0) is 44.4 Å². The molecule has 2 aliphatic rings. The lowest BCUT2D eigenvalue weighted by atomic mass is 10.3. The van der Waals surface area contributed by atoms with E-state index < -0.39 is 0 Å². The average molecular weight is 287 g/mol. The lowest BCUT2D eigenvalue weighted by Crippen LogP contribution is -2.17. The summed E-state index contributed by atoms with van der Waals surface area (Å²) in [6.07, 6.45) is 3.63. The predicted octanol–water partition coefficient (Wildman–Crippen LogP) is 3.30. The molecule has 5 nitrogen and oxygen atoms in total. The maximum atomic E-state index is 5.93. The van der Waals surface area contributed by atoms with Gasteiger partial charge in [0.05, 0.1) is 13.1 Å². The van der Waals surface area contributed by atoms with Crippen LogP contribution in [0.4, 0.5) is 0 Å². The van der Waals surface area contributed by atoms with Crippen molar-refractivity contribution in [3.63, 3.8) is 0 Å². The fourth-order valence-electron chi connectivity index (χ4n) is 2.79. The monoisotopic (exact) mass is 287 g/mol. The maximum absolute atomic E-state index is 5.93. The summed E-state index contributed by atoms with van der Waals surface area (Å²) in [4.78, 5) is 6.61. The Hall–Kier alpha value is -1.62. The van der Waals surface area contributed by atoms with Gasteiger partial charge in [0.25, 0.3) is 0 Å². The zero-order valence-electron chi connectivity index (χ0n) is 12.6. The molecule has 0 saturated heterocycles. The van der Waals surface area contributed by atoms with Gasteiger partial charge >= 0.3 is 0 Å². The second-order valence-electron chi connectivity index (χ2n) is 6.62. The molecule has 0 radical (unpaired) electrons. The van der Waals surface area contributed by atoms with Crippen LogP contribution < -0.4 is 0 Å². The quantitative estimate of drug-likeness (QED) is 0.816. The zero-order valence-corrected chi connectivity index (χ0v) is 12.6. The minimum Gasteiger partial charge on any atom is -0.464 e. The van der Waals surface area contributed by atoms with Gasteiger partial charge in [0.15, 0.2) is 5.82 Å². The van der Waals surface area contributed by atoms with Crippen LogP contribution in [0.25, 0.3) is 0 Å². The van der Waals surface area contributed by atoms with Crippen molar-refractivity contribution in [1.82, 2.24) is 15.0 Å². The van der Waals surface area contributed by atoms with Crippen molar-refractivity contribution in [3.05, 3.63) is 35.4 Å². The van der Waals surface area contributed by atoms with E-state index in [9.17, 15) is 0 Å². The van der Waals surface area contributed by atoms with E-state index in [2.05, 4.69) is 41.1 Å². The molecule has 21 heavy (non-hydrogen) atoms. The fourth-order valence-corrected chi connectivity index (χ4v) is 2.79. The van der Waals surface area contributed by atoms with Crippen molar-refractivity contribution >= 4 is 0 Å². The van der Waals surface area contributed by atoms with Crippen molar-refractivity contribution in [3.8, 4) is 0 Å². The molecule has 0 aromatic carbocycles. The summed E-state index contributed by atoms with van der Waals surface area (Å²) >= 11 is 0. The van der Waals surface area contributed by atoms with Gasteiger partial charge in [0.2, 0.25) is 5.89 Å². The van der Waals surface area contributed by atoms with Crippen LogP contribution in [0.1, 0.15) is 61.3 Å². The van der Waals surface area contributed by atoms with E-state index in [1.54, 1.807) is 0 Å². The zero-order chi connectivity index (χ0) is 14.4. The Morgan fingerprint density at radius 3 is 2.81 bits per heavy atom. The van der Waals surface area contributed by atoms with Crippen LogP contribution in [-0.4, -0.2) is 22.1 Å². The predicted molar refractivity (Wildman–Crippen MR) is 76.7 cm³/mol. The normalized spacial score (nSPS) is 24.7. The SMILES string of the molecule is C[C@H]1C[C@H]1c1ccc(CN(C)Cc2noc(C3CC3)n2)o1. The highest BCUT2D eigenvalue weighted by molar-refractivity contribution is 5.17. The van der Waals surface area contributed by atoms with Gasteiger partial charge in [-0.3, -0.25) is 4.90 Å². The molecule has 0 unspecified atom stereocenters. The number of nitrogens with zero attached hydrogens (tertiary/aromatic N) is 3. The Morgan fingerprint density at radius 1 is 1.29 bits per heavy atom. The molecule has 0 bridgehead atoms. The molecule has 2 heterocycles. The molecule has 2 saturated carbocycles. The lowest BCUT2D eigenvalue weighted by Gasteiger charge is -2.12. The minimum absolute atomic E-state index is 0.518. The summed E-state index contributed by atoms with van der Waals surface area (Å²) in [5.74, 6) is 5.66. The summed E-state index contributed by atoms with van der Waals surface area (Å²) in [6.45, 7) is 3.73. The van der Waals surface area contributed by atoms with Crippen LogP contribution in [0, 0.1) is 5.92 Å². The molecule has 4 rings (SSSR count). The third-order valence-electron chi connectivity index (χ3n) is 4.40. The second kappa shape index (κ2) is 4.98. The number of rotatable bonds is 6. The molecular weight excluding hydrogens is 266 g/mol. The summed E-state index contributed by atoms with van der Waals surface area (Å²) in [5, 5.41) is 4.05. The summed E-state index contributed by atoms with van der Waals surface area (Å²) in [6, 6.07) is 4.21. The first kappa shape index (κ1) is 13.1. The number of hydrogen-bond donors (Lipinski definition) is 0. The average Bonchev–Trinajstić information content (AvgIpc) is 3.33. The van der Waals surface area contributed by atoms with Crippen LogP contribution in [0.5, 0.6) is 0 Å². The van der Waals surface area contributed by atoms with E-state index in [1.165, 1.54) is 19.3 Å². The van der Waals surface area contributed by atoms with Crippen LogP contribution in [0.2, 0.25) is 0 Å². The maximum Gasteiger partial charge on any atom is 0.229 e. The molecular formula is C16H21N3O2. The van der Waals surface area contributed by atoms with Crippen molar-refractivity contribution in [1.29, 1.82) is 0 Å². The molecule has 0 amide bonds. The van der Waals surface area contributed by atoms with Gasteiger partial charge in [-0.15, -0.1) is 0 Å². The first-order valence-electron chi connectivity index (χ1n) is 7.78. The molecule has 2 aromatic heterocycles. The molecule has 0 spiro atoms. The third kappa shape index (κ3) is 2.88. The van der Waals surface area contributed by atoms with E-state index >= 15 is 0 Å². The largest absolute Gasteiger partial charge is 0.464 e. The van der Waals surface area contributed by atoms with E-state index in [4.69, 9.17) is 8.94 Å². The molecule has 2 atom stereocenters. The molecule has 2 fully saturated rings. The van der Waals surface area contributed by atoms with Crippen molar-refractivity contribution in [2.24, 2.45) is 5.92 Å². The Balaban J connectivity index is 1.34. The van der Waals surface area contributed by atoms with Crippen LogP contribution >= 0.6 is 0 Å². The fraction of sp³-hybridized carbons (Fsp3) is 0.625. The number of aromatic nitrogens is 2. The first-order valence-corrected chi connectivity index (χ1v) is 7.78. The Labute approximate surface area is 124 Å². The molecule has 2 aromatic rings. The Bertz CT molecular complexity index is 629. The van der Waals surface area contributed by atoms with E-state index in [-0.39, 0.29) is 0 Å². The Morgan fingerprint density at radius 2 is 2.10 bits per heavy atom. The summed E-state index contributed by atoms with van der Waals surface area (Å²) < 4.78 is 11.2. The standard InChI is InChI=1S/C16H21N3O2/c1-10-7-13(10)14-6-5-12(20-14)8-19(2)9-15-17-16(21-18-15)11-3-4-11/h5-6,10-11,13H,3-4,7-9H2,1-2H3/t10-,13+/m0/s1. The van der Waals surface area contributed by atoms with Crippen molar-refractivity contribution < 1.29 is 8.94 Å². The summed E-state index contributed by atoms with van der Waals surface area (Å²) in [5.41, 5.74) is 0. The lowest BCUT2D eigenvalue weighted by molar-refractivity contribution is 0.271. The van der Waals surface area contributed by atoms with E-state index in [1.807, 2.05) is 0 Å². The Kier molecular flexibility index (Phi) is 3.10. The highest BCUT2D eigenvalue weighted by Crippen LogP contribution is 2.47. The van der Waals surface area contributed by atoms with Gasteiger partial charge < -0.3 is 8.94 Å². The highest BCUT2D eigenvalue weighted by Gasteiger charge is 2.36. The molecule has 5 heteroatoms. The van der Waals surface area contributed by atoms with Gasteiger partial charge in [-0.2, -0.15) is 4.98 Å². The van der Waals surface area contributed by atoms with Gasteiger partial charge in [-0.25, -0.2) is 0 Å². The van der Waals surface area contributed by atoms with Gasteiger partial charge in [0.1, 0.15) is 11.5 Å². The smallest absolute Gasteiger partial charge is 0.229 e. The first-order chi connectivity index (χ1) is 10.2. The van der Waals surface area contributed by atoms with Gasteiger partial charge in [-0.1, -0.05) is 12.1 Å². The van der Waals surface area contributed by atoms with Crippen molar-refractivity contribution in [2.75, 3.05) is 7.05 Å². The molecule has 0 aliphatic heterocycles. The minimum atomic E-state index is 0.518. The van der Waals surface area contributed by atoms with E-state index in [0.717, 1.165) is 35.7 Å². The summed E-state index contributed by atoms with van der Waals surface area (Å²) in [7, 11) is 2.05. The van der Waals surface area contributed by atoms with Crippen molar-refractivity contribution in [2.45, 2.75) is 51.1 Å². The van der Waals surface area contributed by atoms with E-state index in [0.29, 0.717) is 18.4 Å². The molecule has 2 aliphatic carbocycles. The van der Waals surface area contributed by atoms with Crippen LogP contribution in [-0.2, 0) is 13.1 Å². The van der Waals surface area contributed by atoms with Gasteiger partial charge in [0, 0.05) is 11.8 Å². The highest BCUT2D eigenvalue weighted by atomic mass is 16.5. The number of hydrogen-bond acceptors (Lipinski definition) is 5. The third-order valence-corrected chi connectivity index (χ3v) is 4.40. The molecule has 0 N–H and O–H groups in total. The van der Waals surface area contributed by atoms with Crippen LogP contribution in [0.15, 0.2) is 21.1 Å². The van der Waals surface area contributed by atoms with Crippen LogP contribution in [0.3, 0.4) is 0 Å².